The zero-order valence-electron chi connectivity index (χ0n) is 25.1. The van der Waals surface area contributed by atoms with Crippen molar-refractivity contribution in [1.82, 2.24) is 10.2 Å². The van der Waals surface area contributed by atoms with Crippen LogP contribution in [0.5, 0.6) is 0 Å². The molecule has 0 aliphatic rings. The topological polar surface area (TPSA) is 86.8 Å². The van der Waals surface area contributed by atoms with Gasteiger partial charge in [-0.1, -0.05) is 61.5 Å². The number of aryl methyl sites for hydroxylation is 1. The van der Waals surface area contributed by atoms with Crippen LogP contribution in [0.4, 0.5) is 10.1 Å². The molecule has 0 saturated heterocycles. The van der Waals surface area contributed by atoms with Gasteiger partial charge in [0.25, 0.3) is 0 Å². The summed E-state index contributed by atoms with van der Waals surface area (Å²) in [5.74, 6) is -0.981. The number of rotatable bonds is 13. The lowest BCUT2D eigenvalue weighted by atomic mass is 10.00. The molecular formula is C33H42FN3O4S. The Morgan fingerprint density at radius 1 is 0.881 bits per heavy atom. The first-order chi connectivity index (χ1) is 19.8. The van der Waals surface area contributed by atoms with E-state index >= 15 is 0 Å². The zero-order chi connectivity index (χ0) is 30.9. The van der Waals surface area contributed by atoms with Gasteiger partial charge in [0.1, 0.15) is 11.9 Å². The smallest absolute Gasteiger partial charge is 0.243 e. The molecular weight excluding hydrogens is 553 g/mol. The summed E-state index contributed by atoms with van der Waals surface area (Å²) >= 11 is 0. The monoisotopic (exact) mass is 595 g/mol. The molecule has 3 rings (SSSR count). The van der Waals surface area contributed by atoms with Crippen LogP contribution in [0.25, 0.3) is 0 Å². The highest BCUT2D eigenvalue weighted by atomic mass is 32.2. The van der Waals surface area contributed by atoms with Gasteiger partial charge in [0.05, 0.1) is 11.9 Å². The predicted octanol–water partition coefficient (Wildman–Crippen LogP) is 5.49. The van der Waals surface area contributed by atoms with Crippen molar-refractivity contribution in [2.24, 2.45) is 0 Å². The summed E-state index contributed by atoms with van der Waals surface area (Å²) in [4.78, 5) is 29.1. The molecule has 9 heteroatoms. The fourth-order valence-electron chi connectivity index (χ4n) is 4.70. The number of nitrogens with zero attached hydrogens (tertiary/aromatic N) is 2. The summed E-state index contributed by atoms with van der Waals surface area (Å²) in [6, 6.07) is 21.8. The van der Waals surface area contributed by atoms with Crippen LogP contribution in [0.1, 0.15) is 57.2 Å². The fraction of sp³-hybridized carbons (Fsp3) is 0.394. The minimum Gasteiger partial charge on any atom is -0.350 e. The van der Waals surface area contributed by atoms with Gasteiger partial charge < -0.3 is 10.2 Å². The molecule has 0 aromatic heterocycles. The van der Waals surface area contributed by atoms with E-state index in [1.165, 1.54) is 21.3 Å². The number of amides is 2. The van der Waals surface area contributed by atoms with Gasteiger partial charge in [-0.25, -0.2) is 12.8 Å². The van der Waals surface area contributed by atoms with E-state index in [1.54, 1.807) is 24.3 Å². The molecule has 226 valence electrons. The molecule has 0 saturated carbocycles. The highest BCUT2D eigenvalue weighted by Gasteiger charge is 2.32. The van der Waals surface area contributed by atoms with Gasteiger partial charge in [-0.3, -0.25) is 13.9 Å². The molecule has 7 nitrogen and oxygen atoms in total. The van der Waals surface area contributed by atoms with Crippen LogP contribution in [-0.2, 0) is 39.0 Å². The zero-order valence-corrected chi connectivity index (χ0v) is 26.0. The van der Waals surface area contributed by atoms with Crippen molar-refractivity contribution in [3.63, 3.8) is 0 Å². The molecule has 2 amide bonds. The molecule has 0 unspecified atom stereocenters. The van der Waals surface area contributed by atoms with Crippen LogP contribution in [0.15, 0.2) is 78.9 Å². The Balaban J connectivity index is 1.88. The molecule has 0 aliphatic heterocycles. The first kappa shape index (κ1) is 32.8. The fourth-order valence-corrected chi connectivity index (χ4v) is 5.66. The number of carbonyl (C=O) groups excluding carboxylic acids is 2. The van der Waals surface area contributed by atoms with Gasteiger partial charge in [-0.2, -0.15) is 0 Å². The van der Waals surface area contributed by atoms with E-state index in [1.807, 2.05) is 70.2 Å². The largest absolute Gasteiger partial charge is 0.350 e. The summed E-state index contributed by atoms with van der Waals surface area (Å²) < 4.78 is 40.3. The van der Waals surface area contributed by atoms with E-state index in [-0.39, 0.29) is 44.2 Å². The Labute approximate surface area is 249 Å². The number of carbonyl (C=O) groups is 2. The number of anilines is 1. The minimum atomic E-state index is -3.59. The Morgan fingerprint density at radius 3 is 2.02 bits per heavy atom. The van der Waals surface area contributed by atoms with E-state index in [9.17, 15) is 22.4 Å². The number of nitrogens with one attached hydrogen (secondary N) is 1. The van der Waals surface area contributed by atoms with Gasteiger partial charge in [-0.05, 0) is 74.6 Å². The Kier molecular flexibility index (Phi) is 11.3. The van der Waals surface area contributed by atoms with Crippen molar-refractivity contribution in [3.05, 3.63) is 101 Å². The van der Waals surface area contributed by atoms with Gasteiger partial charge in [-0.15, -0.1) is 0 Å². The molecule has 3 aromatic carbocycles. The van der Waals surface area contributed by atoms with E-state index in [4.69, 9.17) is 0 Å². The predicted molar refractivity (Wildman–Crippen MR) is 166 cm³/mol. The molecule has 0 radical (unpaired) electrons. The summed E-state index contributed by atoms with van der Waals surface area (Å²) in [7, 11) is -3.59. The molecule has 0 spiro atoms. The molecule has 1 atom stereocenters. The second-order valence-corrected chi connectivity index (χ2v) is 13.5. The first-order valence-electron chi connectivity index (χ1n) is 14.2. The van der Waals surface area contributed by atoms with Crippen molar-refractivity contribution < 1.29 is 22.4 Å². The second-order valence-electron chi connectivity index (χ2n) is 11.6. The lowest BCUT2D eigenvalue weighted by Gasteiger charge is -2.34. The maximum absolute atomic E-state index is 13.9. The number of sulfonamides is 1. The highest BCUT2D eigenvalue weighted by Crippen LogP contribution is 2.21. The molecule has 0 heterocycles. The Hall–Kier alpha value is -3.72. The SMILES string of the molecule is CCc1ccc(N(CCCC(=O)N(Cc2ccc(F)cc2)[C@@H](Cc2ccccc2)C(=O)NC(C)(C)C)S(C)(=O)=O)cc1. The van der Waals surface area contributed by atoms with Gasteiger partial charge in [0, 0.05) is 31.5 Å². The molecule has 0 fully saturated rings. The average Bonchev–Trinajstić information content (AvgIpc) is 2.93. The number of hydrogen-bond donors (Lipinski definition) is 1. The van der Waals surface area contributed by atoms with Crippen molar-refractivity contribution in [3.8, 4) is 0 Å². The van der Waals surface area contributed by atoms with Crippen LogP contribution in [0.3, 0.4) is 0 Å². The summed E-state index contributed by atoms with van der Waals surface area (Å²) in [5.41, 5.74) is 2.68. The summed E-state index contributed by atoms with van der Waals surface area (Å²) in [6.07, 6.45) is 2.55. The summed E-state index contributed by atoms with van der Waals surface area (Å²) in [5, 5.41) is 3.01. The first-order valence-corrected chi connectivity index (χ1v) is 16.1. The van der Waals surface area contributed by atoms with E-state index in [0.717, 1.165) is 23.8 Å². The van der Waals surface area contributed by atoms with E-state index in [2.05, 4.69) is 5.32 Å². The Morgan fingerprint density at radius 2 is 1.48 bits per heavy atom. The third-order valence-corrected chi connectivity index (χ3v) is 8.01. The van der Waals surface area contributed by atoms with Crippen LogP contribution in [0, 0.1) is 5.82 Å². The highest BCUT2D eigenvalue weighted by molar-refractivity contribution is 7.92. The quantitative estimate of drug-likeness (QED) is 0.283. The Bertz CT molecular complexity index is 1420. The van der Waals surface area contributed by atoms with Crippen LogP contribution >= 0.6 is 0 Å². The van der Waals surface area contributed by atoms with E-state index in [0.29, 0.717) is 11.3 Å². The van der Waals surface area contributed by atoms with Gasteiger partial charge >= 0.3 is 0 Å². The van der Waals surface area contributed by atoms with Crippen molar-refractivity contribution in [2.75, 3.05) is 17.1 Å². The van der Waals surface area contributed by atoms with E-state index < -0.39 is 27.4 Å². The second kappa shape index (κ2) is 14.4. The number of benzene rings is 3. The van der Waals surface area contributed by atoms with Crippen LogP contribution < -0.4 is 9.62 Å². The molecule has 3 aromatic rings. The lowest BCUT2D eigenvalue weighted by molar-refractivity contribution is -0.142. The molecule has 1 N–H and O–H groups in total. The third-order valence-electron chi connectivity index (χ3n) is 6.82. The van der Waals surface area contributed by atoms with Crippen LogP contribution in [-0.4, -0.2) is 49.5 Å². The molecule has 0 aliphatic carbocycles. The minimum absolute atomic E-state index is 0.0222. The van der Waals surface area contributed by atoms with Gasteiger partial charge in [0.15, 0.2) is 0 Å². The maximum Gasteiger partial charge on any atom is 0.243 e. The van der Waals surface area contributed by atoms with Crippen LogP contribution in [0.2, 0.25) is 0 Å². The maximum atomic E-state index is 13.9. The lowest BCUT2D eigenvalue weighted by Crippen LogP contribution is -2.54. The van der Waals surface area contributed by atoms with Crippen molar-refractivity contribution >= 4 is 27.5 Å². The molecule has 42 heavy (non-hydrogen) atoms. The average molecular weight is 596 g/mol. The summed E-state index contributed by atoms with van der Waals surface area (Å²) in [6.45, 7) is 7.87. The number of halogens is 1. The molecule has 0 bridgehead atoms. The van der Waals surface area contributed by atoms with Gasteiger partial charge in [0.2, 0.25) is 21.8 Å². The van der Waals surface area contributed by atoms with Crippen molar-refractivity contribution in [1.29, 1.82) is 0 Å². The normalized spacial score (nSPS) is 12.4. The van der Waals surface area contributed by atoms with Crippen molar-refractivity contribution in [2.45, 2.75) is 71.5 Å². The number of hydrogen-bond acceptors (Lipinski definition) is 4. The standard InChI is InChI=1S/C33H42FN3O4S/c1-6-25-16-20-29(21-17-25)37(42(5,40)41)22-10-13-31(38)36(24-27-14-18-28(34)19-15-27)30(32(39)35-33(2,3)4)23-26-11-8-7-9-12-26/h7-9,11-12,14-21,30H,6,10,13,22-24H2,1-5H3,(H,35,39)/t30-/m0/s1. The third kappa shape index (κ3) is 9.98.